The molecule has 1 aliphatic rings. The Morgan fingerprint density at radius 2 is 2.30 bits per heavy atom. The average Bonchev–Trinajstić information content (AvgIpc) is 2.96. The van der Waals surface area contributed by atoms with Crippen LogP contribution in [0.4, 0.5) is 0 Å². The van der Waals surface area contributed by atoms with Crippen molar-refractivity contribution < 1.29 is 9.47 Å². The molecular formula is C16H24BrNO2. The van der Waals surface area contributed by atoms with Crippen LogP contribution in [-0.4, -0.2) is 26.9 Å². The lowest BCUT2D eigenvalue weighted by Gasteiger charge is -2.22. The summed E-state index contributed by atoms with van der Waals surface area (Å²) in [5.74, 6) is 0.956. The van der Waals surface area contributed by atoms with Crippen molar-refractivity contribution in [1.29, 1.82) is 0 Å². The third-order valence-electron chi connectivity index (χ3n) is 4.04. The van der Waals surface area contributed by atoms with Crippen LogP contribution in [0.3, 0.4) is 0 Å². The average molecular weight is 342 g/mol. The molecule has 2 rings (SSSR count). The van der Waals surface area contributed by atoms with Crippen molar-refractivity contribution in [3.8, 4) is 5.75 Å². The van der Waals surface area contributed by atoms with Crippen LogP contribution in [0.25, 0.3) is 0 Å². The number of rotatable bonds is 6. The fraction of sp³-hybridized carbons (Fsp3) is 0.625. The Kier molecular flexibility index (Phi) is 5.87. The van der Waals surface area contributed by atoms with Gasteiger partial charge in [0.1, 0.15) is 5.75 Å². The standard InChI is InChI=1S/C16H24BrNO2/c1-11-9-16(19-3)13(10-14(11)17)15(18-2)7-6-12-5-4-8-20-12/h9-10,12,15,18H,4-8H2,1-3H3. The van der Waals surface area contributed by atoms with E-state index in [9.17, 15) is 0 Å². The molecular weight excluding hydrogens is 318 g/mol. The Hall–Kier alpha value is -0.580. The largest absolute Gasteiger partial charge is 0.496 e. The number of benzene rings is 1. The minimum absolute atomic E-state index is 0.297. The maximum atomic E-state index is 5.71. The summed E-state index contributed by atoms with van der Waals surface area (Å²) in [4.78, 5) is 0. The van der Waals surface area contributed by atoms with E-state index in [1.165, 1.54) is 24.0 Å². The molecule has 1 aromatic rings. The maximum absolute atomic E-state index is 5.71. The van der Waals surface area contributed by atoms with Gasteiger partial charge in [0.2, 0.25) is 0 Å². The van der Waals surface area contributed by atoms with E-state index in [1.807, 2.05) is 7.05 Å². The molecule has 1 N–H and O–H groups in total. The van der Waals surface area contributed by atoms with Gasteiger partial charge in [0.25, 0.3) is 0 Å². The van der Waals surface area contributed by atoms with Gasteiger partial charge in [-0.05, 0) is 57.4 Å². The zero-order chi connectivity index (χ0) is 14.5. The minimum atomic E-state index is 0.297. The summed E-state index contributed by atoms with van der Waals surface area (Å²) < 4.78 is 12.4. The summed E-state index contributed by atoms with van der Waals surface area (Å²) in [6.45, 7) is 3.01. The fourth-order valence-corrected chi connectivity index (χ4v) is 3.16. The molecule has 1 aliphatic heterocycles. The number of hydrogen-bond acceptors (Lipinski definition) is 3. The van der Waals surface area contributed by atoms with E-state index in [0.29, 0.717) is 12.1 Å². The van der Waals surface area contributed by atoms with Gasteiger partial charge in [0.15, 0.2) is 0 Å². The van der Waals surface area contributed by atoms with E-state index in [1.54, 1.807) is 7.11 Å². The molecule has 4 heteroatoms. The van der Waals surface area contributed by atoms with Gasteiger partial charge in [0, 0.05) is 22.7 Å². The van der Waals surface area contributed by atoms with E-state index >= 15 is 0 Å². The van der Waals surface area contributed by atoms with Crippen LogP contribution in [0.5, 0.6) is 5.75 Å². The SMILES string of the molecule is CNC(CCC1CCCO1)c1cc(Br)c(C)cc1OC. The van der Waals surface area contributed by atoms with Crippen molar-refractivity contribution in [3.63, 3.8) is 0 Å². The molecule has 112 valence electrons. The van der Waals surface area contributed by atoms with Gasteiger partial charge < -0.3 is 14.8 Å². The minimum Gasteiger partial charge on any atom is -0.496 e. The lowest BCUT2D eigenvalue weighted by molar-refractivity contribution is 0.0997. The molecule has 20 heavy (non-hydrogen) atoms. The summed E-state index contributed by atoms with van der Waals surface area (Å²) in [5, 5.41) is 3.41. The van der Waals surface area contributed by atoms with Gasteiger partial charge in [-0.1, -0.05) is 15.9 Å². The third kappa shape index (κ3) is 3.74. The number of hydrogen-bond donors (Lipinski definition) is 1. The zero-order valence-electron chi connectivity index (χ0n) is 12.5. The maximum Gasteiger partial charge on any atom is 0.123 e. The summed E-state index contributed by atoms with van der Waals surface area (Å²) in [6.07, 6.45) is 5.00. The summed E-state index contributed by atoms with van der Waals surface area (Å²) >= 11 is 3.62. The monoisotopic (exact) mass is 341 g/mol. The number of halogens is 1. The predicted octanol–water partition coefficient (Wildman–Crippen LogP) is 3.99. The smallest absolute Gasteiger partial charge is 0.123 e. The summed E-state index contributed by atoms with van der Waals surface area (Å²) in [6, 6.07) is 4.56. The lowest BCUT2D eigenvalue weighted by atomic mass is 9.97. The van der Waals surface area contributed by atoms with Gasteiger partial charge in [-0.25, -0.2) is 0 Å². The summed E-state index contributed by atoms with van der Waals surface area (Å²) in [7, 11) is 3.74. The molecule has 1 saturated heterocycles. The van der Waals surface area contributed by atoms with Crippen molar-refractivity contribution in [2.45, 2.75) is 44.8 Å². The molecule has 0 amide bonds. The van der Waals surface area contributed by atoms with Gasteiger partial charge in [-0.3, -0.25) is 0 Å². The van der Waals surface area contributed by atoms with Gasteiger partial charge in [-0.2, -0.15) is 0 Å². The van der Waals surface area contributed by atoms with E-state index in [4.69, 9.17) is 9.47 Å². The second kappa shape index (κ2) is 7.43. The first-order valence-corrected chi connectivity index (χ1v) is 8.08. The van der Waals surface area contributed by atoms with Crippen molar-refractivity contribution in [2.24, 2.45) is 0 Å². The first-order valence-electron chi connectivity index (χ1n) is 7.28. The highest BCUT2D eigenvalue weighted by molar-refractivity contribution is 9.10. The van der Waals surface area contributed by atoms with E-state index < -0.39 is 0 Å². The Balaban J connectivity index is 2.11. The Labute approximate surface area is 130 Å². The highest BCUT2D eigenvalue weighted by Gasteiger charge is 2.20. The molecule has 1 fully saturated rings. The van der Waals surface area contributed by atoms with Crippen molar-refractivity contribution in [2.75, 3.05) is 20.8 Å². The Morgan fingerprint density at radius 3 is 2.90 bits per heavy atom. The molecule has 1 aromatic carbocycles. The predicted molar refractivity (Wildman–Crippen MR) is 85.4 cm³/mol. The number of ether oxygens (including phenoxy) is 2. The van der Waals surface area contributed by atoms with Crippen LogP contribution in [0.2, 0.25) is 0 Å². The normalized spacial score (nSPS) is 20.1. The van der Waals surface area contributed by atoms with Crippen LogP contribution >= 0.6 is 15.9 Å². The van der Waals surface area contributed by atoms with Crippen molar-refractivity contribution in [3.05, 3.63) is 27.7 Å². The molecule has 0 radical (unpaired) electrons. The number of aryl methyl sites for hydroxylation is 1. The lowest BCUT2D eigenvalue weighted by Crippen LogP contribution is -2.19. The second-order valence-corrected chi connectivity index (χ2v) is 6.25. The van der Waals surface area contributed by atoms with E-state index in [0.717, 1.165) is 29.7 Å². The van der Waals surface area contributed by atoms with Gasteiger partial charge >= 0.3 is 0 Å². The molecule has 3 nitrogen and oxygen atoms in total. The molecule has 0 saturated carbocycles. The highest BCUT2D eigenvalue weighted by atomic mass is 79.9. The molecule has 0 aromatic heterocycles. The second-order valence-electron chi connectivity index (χ2n) is 5.40. The molecule has 0 aliphatic carbocycles. The highest BCUT2D eigenvalue weighted by Crippen LogP contribution is 2.34. The van der Waals surface area contributed by atoms with Gasteiger partial charge in [-0.15, -0.1) is 0 Å². The van der Waals surface area contributed by atoms with Crippen molar-refractivity contribution >= 4 is 15.9 Å². The van der Waals surface area contributed by atoms with Crippen LogP contribution in [0.1, 0.15) is 42.9 Å². The Bertz CT molecular complexity index is 444. The summed E-state index contributed by atoms with van der Waals surface area (Å²) in [5.41, 5.74) is 2.41. The topological polar surface area (TPSA) is 30.5 Å². The first-order chi connectivity index (χ1) is 9.65. The molecule has 1 heterocycles. The van der Waals surface area contributed by atoms with Crippen molar-refractivity contribution in [1.82, 2.24) is 5.32 Å². The number of nitrogens with one attached hydrogen (secondary N) is 1. The quantitative estimate of drug-likeness (QED) is 0.848. The van der Waals surface area contributed by atoms with Crippen LogP contribution in [0, 0.1) is 6.92 Å². The number of methoxy groups -OCH3 is 1. The zero-order valence-corrected chi connectivity index (χ0v) is 14.1. The third-order valence-corrected chi connectivity index (χ3v) is 4.89. The van der Waals surface area contributed by atoms with Crippen LogP contribution in [-0.2, 0) is 4.74 Å². The Morgan fingerprint density at radius 1 is 1.50 bits per heavy atom. The molecule has 2 unspecified atom stereocenters. The van der Waals surface area contributed by atoms with E-state index in [2.05, 4.69) is 40.3 Å². The van der Waals surface area contributed by atoms with Crippen LogP contribution in [0.15, 0.2) is 16.6 Å². The molecule has 0 spiro atoms. The van der Waals surface area contributed by atoms with Gasteiger partial charge in [0.05, 0.1) is 13.2 Å². The molecule has 0 bridgehead atoms. The van der Waals surface area contributed by atoms with E-state index in [-0.39, 0.29) is 0 Å². The fourth-order valence-electron chi connectivity index (χ4n) is 2.80. The molecule has 2 atom stereocenters. The first kappa shape index (κ1) is 15.8. The van der Waals surface area contributed by atoms with Crippen LogP contribution < -0.4 is 10.1 Å².